The standard InChI is InChI=1S/C51H95NO5/c1-3-5-7-9-11-13-15-17-18-19-20-21-22-24-29-33-37-41-45-51(56)57-46-42-38-34-30-26-25-28-32-36-40-44-50(55)52-48(47-53)49(54)43-39-35-31-27-23-16-14-12-10-8-6-4-2/h18-19,26,30,39,43,48-49,53-54H,3-17,20-25,27-29,31-38,40-42,44-47H2,1-2H3,(H,52,55)/b19-18-,30-26-,43-39+. The van der Waals surface area contributed by atoms with Gasteiger partial charge in [0.25, 0.3) is 0 Å². The van der Waals surface area contributed by atoms with Gasteiger partial charge in [0.05, 0.1) is 25.4 Å². The van der Waals surface area contributed by atoms with E-state index in [9.17, 15) is 19.8 Å². The molecular formula is C51H95NO5. The molecule has 2 atom stereocenters. The highest BCUT2D eigenvalue weighted by atomic mass is 16.5. The van der Waals surface area contributed by atoms with Crippen LogP contribution in [0.4, 0.5) is 0 Å². The molecule has 0 saturated heterocycles. The van der Waals surface area contributed by atoms with Gasteiger partial charge >= 0.3 is 5.97 Å². The summed E-state index contributed by atoms with van der Waals surface area (Å²) in [6, 6.07) is -0.652. The molecule has 6 nitrogen and oxygen atoms in total. The summed E-state index contributed by atoms with van der Waals surface area (Å²) in [5, 5.41) is 22.9. The molecule has 334 valence electrons. The molecule has 1 amide bonds. The molecule has 0 saturated carbocycles. The molecule has 0 aliphatic heterocycles. The van der Waals surface area contributed by atoms with Crippen LogP contribution < -0.4 is 5.32 Å². The number of rotatable bonds is 45. The predicted molar refractivity (Wildman–Crippen MR) is 246 cm³/mol. The van der Waals surface area contributed by atoms with Crippen LogP contribution in [0, 0.1) is 0 Å². The number of amides is 1. The molecule has 0 spiro atoms. The van der Waals surface area contributed by atoms with E-state index < -0.39 is 12.1 Å². The van der Waals surface area contributed by atoms with Gasteiger partial charge in [-0.05, 0) is 83.5 Å². The number of esters is 1. The number of hydrogen-bond acceptors (Lipinski definition) is 5. The second kappa shape index (κ2) is 46.8. The van der Waals surface area contributed by atoms with E-state index in [1.807, 2.05) is 6.08 Å². The number of carbonyl (C=O) groups is 2. The Labute approximate surface area is 353 Å². The van der Waals surface area contributed by atoms with Gasteiger partial charge in [-0.3, -0.25) is 9.59 Å². The molecule has 6 heteroatoms. The van der Waals surface area contributed by atoms with Crippen molar-refractivity contribution in [3.05, 3.63) is 36.5 Å². The van der Waals surface area contributed by atoms with Gasteiger partial charge in [-0.1, -0.05) is 192 Å². The quantitative estimate of drug-likeness (QED) is 0.0324. The van der Waals surface area contributed by atoms with Crippen molar-refractivity contribution in [1.82, 2.24) is 5.32 Å². The van der Waals surface area contributed by atoms with Crippen molar-refractivity contribution >= 4 is 11.9 Å². The number of carbonyl (C=O) groups excluding carboxylic acids is 2. The molecule has 0 aliphatic rings. The first-order valence-electron chi connectivity index (χ1n) is 24.8. The molecule has 0 rings (SSSR count). The summed E-state index contributed by atoms with van der Waals surface area (Å²) in [5.74, 6) is -0.148. The van der Waals surface area contributed by atoms with E-state index in [2.05, 4.69) is 43.5 Å². The van der Waals surface area contributed by atoms with E-state index in [1.54, 1.807) is 6.08 Å². The minimum atomic E-state index is -0.865. The second-order valence-electron chi connectivity index (χ2n) is 16.8. The lowest BCUT2D eigenvalue weighted by molar-refractivity contribution is -0.143. The van der Waals surface area contributed by atoms with Crippen molar-refractivity contribution in [1.29, 1.82) is 0 Å². The van der Waals surface area contributed by atoms with Gasteiger partial charge in [-0.15, -0.1) is 0 Å². The van der Waals surface area contributed by atoms with Crippen LogP contribution in [0.1, 0.15) is 251 Å². The normalized spacial score (nSPS) is 13.0. The molecule has 0 heterocycles. The molecule has 0 aromatic heterocycles. The Hall–Kier alpha value is -1.92. The first kappa shape index (κ1) is 55.1. The first-order valence-corrected chi connectivity index (χ1v) is 24.8. The van der Waals surface area contributed by atoms with Gasteiger partial charge in [0.1, 0.15) is 0 Å². The maximum Gasteiger partial charge on any atom is 0.305 e. The van der Waals surface area contributed by atoms with Crippen LogP contribution in [-0.4, -0.2) is 47.4 Å². The predicted octanol–water partition coefficient (Wildman–Crippen LogP) is 14.5. The maximum absolute atomic E-state index is 12.4. The lowest BCUT2D eigenvalue weighted by Crippen LogP contribution is -2.45. The van der Waals surface area contributed by atoms with E-state index in [0.29, 0.717) is 19.4 Å². The molecule has 0 bridgehead atoms. The zero-order chi connectivity index (χ0) is 41.5. The lowest BCUT2D eigenvalue weighted by Gasteiger charge is -2.20. The number of nitrogens with one attached hydrogen (secondary N) is 1. The van der Waals surface area contributed by atoms with Crippen molar-refractivity contribution in [2.75, 3.05) is 13.2 Å². The molecular weight excluding hydrogens is 707 g/mol. The van der Waals surface area contributed by atoms with Crippen molar-refractivity contribution in [2.45, 2.75) is 264 Å². The van der Waals surface area contributed by atoms with Gasteiger partial charge in [0.2, 0.25) is 5.91 Å². The van der Waals surface area contributed by atoms with Crippen LogP contribution in [0.25, 0.3) is 0 Å². The van der Waals surface area contributed by atoms with E-state index in [4.69, 9.17) is 4.74 Å². The smallest absolute Gasteiger partial charge is 0.305 e. The van der Waals surface area contributed by atoms with E-state index in [0.717, 1.165) is 77.0 Å². The number of unbranched alkanes of at least 4 members (excludes halogenated alkanes) is 30. The molecule has 3 N–H and O–H groups in total. The van der Waals surface area contributed by atoms with Crippen LogP contribution >= 0.6 is 0 Å². The van der Waals surface area contributed by atoms with Crippen molar-refractivity contribution in [3.8, 4) is 0 Å². The molecule has 0 aromatic rings. The van der Waals surface area contributed by atoms with Crippen LogP contribution in [-0.2, 0) is 14.3 Å². The van der Waals surface area contributed by atoms with Crippen molar-refractivity contribution in [2.24, 2.45) is 0 Å². The summed E-state index contributed by atoms with van der Waals surface area (Å²) in [7, 11) is 0. The topological polar surface area (TPSA) is 95.9 Å². The summed E-state index contributed by atoms with van der Waals surface area (Å²) < 4.78 is 5.43. The summed E-state index contributed by atoms with van der Waals surface area (Å²) in [5.41, 5.74) is 0. The zero-order valence-corrected chi connectivity index (χ0v) is 37.8. The Kier molecular flexibility index (Phi) is 45.2. The fraction of sp³-hybridized carbons (Fsp3) is 0.843. The number of aliphatic hydroxyl groups excluding tert-OH is 2. The second-order valence-corrected chi connectivity index (χ2v) is 16.8. The molecule has 0 aliphatic carbocycles. The van der Waals surface area contributed by atoms with Gasteiger partial charge in [0, 0.05) is 12.8 Å². The first-order chi connectivity index (χ1) is 28.0. The van der Waals surface area contributed by atoms with Gasteiger partial charge < -0.3 is 20.3 Å². The molecule has 0 aromatic carbocycles. The Morgan fingerprint density at radius 2 is 0.825 bits per heavy atom. The number of aliphatic hydroxyl groups is 2. The SMILES string of the molecule is CCCCCCCCC/C=C\CCCCCCCCCC(=O)OCCCC/C=C\CCCCCCC(=O)NC(CO)C(O)/C=C/CCCCCCCCCCCC. The highest BCUT2D eigenvalue weighted by Gasteiger charge is 2.18. The maximum atomic E-state index is 12.4. The van der Waals surface area contributed by atoms with Gasteiger partial charge in [-0.2, -0.15) is 0 Å². The Morgan fingerprint density at radius 3 is 1.25 bits per heavy atom. The monoisotopic (exact) mass is 802 g/mol. The average Bonchev–Trinajstić information content (AvgIpc) is 3.21. The minimum absolute atomic E-state index is 0.0423. The van der Waals surface area contributed by atoms with Crippen molar-refractivity contribution < 1.29 is 24.5 Å². The number of hydrogen-bond donors (Lipinski definition) is 3. The van der Waals surface area contributed by atoms with Gasteiger partial charge in [-0.25, -0.2) is 0 Å². The largest absolute Gasteiger partial charge is 0.466 e. The van der Waals surface area contributed by atoms with E-state index >= 15 is 0 Å². The minimum Gasteiger partial charge on any atom is -0.466 e. The molecule has 57 heavy (non-hydrogen) atoms. The van der Waals surface area contributed by atoms with Crippen LogP contribution in [0.3, 0.4) is 0 Å². The van der Waals surface area contributed by atoms with Crippen LogP contribution in [0.2, 0.25) is 0 Å². The summed E-state index contributed by atoms with van der Waals surface area (Å²) >= 11 is 0. The molecule has 0 fully saturated rings. The fourth-order valence-electron chi connectivity index (χ4n) is 7.27. The third kappa shape index (κ3) is 43.5. The highest BCUT2D eigenvalue weighted by molar-refractivity contribution is 5.76. The summed E-state index contributed by atoms with van der Waals surface area (Å²) in [6.07, 6.45) is 55.7. The average molecular weight is 802 g/mol. The number of allylic oxidation sites excluding steroid dienone is 5. The Morgan fingerprint density at radius 1 is 0.474 bits per heavy atom. The molecule has 2 unspecified atom stereocenters. The van der Waals surface area contributed by atoms with Crippen LogP contribution in [0.5, 0.6) is 0 Å². The van der Waals surface area contributed by atoms with Crippen molar-refractivity contribution in [3.63, 3.8) is 0 Å². The van der Waals surface area contributed by atoms with E-state index in [-0.39, 0.29) is 18.5 Å². The van der Waals surface area contributed by atoms with Crippen LogP contribution in [0.15, 0.2) is 36.5 Å². The Balaban J connectivity index is 3.55. The zero-order valence-electron chi connectivity index (χ0n) is 37.8. The fourth-order valence-corrected chi connectivity index (χ4v) is 7.27. The Bertz CT molecular complexity index is 931. The third-order valence-corrected chi connectivity index (χ3v) is 11.1. The lowest BCUT2D eigenvalue weighted by atomic mass is 10.1. The third-order valence-electron chi connectivity index (χ3n) is 11.1. The summed E-state index contributed by atoms with van der Waals surface area (Å²) in [6.45, 7) is 4.79. The highest BCUT2D eigenvalue weighted by Crippen LogP contribution is 2.14. The van der Waals surface area contributed by atoms with E-state index in [1.165, 1.54) is 148 Å². The van der Waals surface area contributed by atoms with Gasteiger partial charge in [0.15, 0.2) is 0 Å². The molecule has 0 radical (unpaired) electrons. The summed E-state index contributed by atoms with van der Waals surface area (Å²) in [4.78, 5) is 24.4. The number of ether oxygens (including phenoxy) is 1.